The third kappa shape index (κ3) is 3.73. The van der Waals surface area contributed by atoms with E-state index in [0.29, 0.717) is 12.8 Å². The molecule has 1 aliphatic carbocycles. The van der Waals surface area contributed by atoms with Gasteiger partial charge in [-0.25, -0.2) is 12.7 Å². The number of carbonyl (C=O) groups excluding carboxylic acids is 1. The van der Waals surface area contributed by atoms with E-state index in [1.54, 1.807) is 0 Å². The minimum Gasteiger partial charge on any atom is -0.481 e. The van der Waals surface area contributed by atoms with Crippen LogP contribution in [0.1, 0.15) is 42.7 Å². The molecule has 0 radical (unpaired) electrons. The Kier molecular flexibility index (Phi) is 4.81. The van der Waals surface area contributed by atoms with Crippen LogP contribution in [-0.2, 0) is 14.8 Å². The average Bonchev–Trinajstić information content (AvgIpc) is 3.07. The number of furan rings is 1. The summed E-state index contributed by atoms with van der Waals surface area (Å²) in [6, 6.07) is 2.48. The number of rotatable bonds is 6. The third-order valence-corrected chi connectivity index (χ3v) is 5.66. The van der Waals surface area contributed by atoms with Crippen molar-refractivity contribution in [2.45, 2.75) is 42.7 Å². The van der Waals surface area contributed by atoms with Crippen LogP contribution in [0.3, 0.4) is 0 Å². The maximum Gasteiger partial charge on any atom is 0.305 e. The molecule has 1 fully saturated rings. The van der Waals surface area contributed by atoms with Crippen LogP contribution in [-0.4, -0.2) is 49.3 Å². The number of nitrogens with one attached hydrogen (secondary N) is 1. The normalized spacial score (nSPS) is 17.3. The maximum absolute atomic E-state index is 12.3. The first-order valence-corrected chi connectivity index (χ1v) is 8.67. The van der Waals surface area contributed by atoms with Crippen molar-refractivity contribution >= 4 is 21.9 Å². The molecule has 1 saturated carbocycles. The topological polar surface area (TPSA) is 117 Å². The van der Waals surface area contributed by atoms with Gasteiger partial charge >= 0.3 is 5.97 Å². The van der Waals surface area contributed by atoms with Crippen LogP contribution in [0.4, 0.5) is 0 Å². The van der Waals surface area contributed by atoms with Crippen molar-refractivity contribution in [3.63, 3.8) is 0 Å². The number of hydrogen-bond acceptors (Lipinski definition) is 5. The molecular weight excluding hydrogens is 324 g/mol. The fraction of sp³-hybridized carbons (Fsp3) is 0.571. The maximum atomic E-state index is 12.3. The van der Waals surface area contributed by atoms with Crippen molar-refractivity contribution in [1.82, 2.24) is 9.62 Å². The lowest BCUT2D eigenvalue weighted by Gasteiger charge is -2.28. The van der Waals surface area contributed by atoms with Gasteiger partial charge in [-0.2, -0.15) is 0 Å². The van der Waals surface area contributed by atoms with Crippen molar-refractivity contribution in [3.8, 4) is 0 Å². The predicted octanol–water partition coefficient (Wildman–Crippen LogP) is 1.05. The average molecular weight is 344 g/mol. The van der Waals surface area contributed by atoms with E-state index in [4.69, 9.17) is 9.52 Å². The zero-order valence-electron chi connectivity index (χ0n) is 13.0. The van der Waals surface area contributed by atoms with Gasteiger partial charge in [-0.05, 0) is 25.0 Å². The lowest BCUT2D eigenvalue weighted by atomic mass is 9.93. The van der Waals surface area contributed by atoms with Crippen LogP contribution >= 0.6 is 0 Å². The highest BCUT2D eigenvalue weighted by Crippen LogP contribution is 2.33. The van der Waals surface area contributed by atoms with Gasteiger partial charge in [0, 0.05) is 14.1 Å². The van der Waals surface area contributed by atoms with Crippen molar-refractivity contribution in [2.24, 2.45) is 0 Å². The molecule has 1 heterocycles. The smallest absolute Gasteiger partial charge is 0.305 e. The molecule has 0 saturated heterocycles. The van der Waals surface area contributed by atoms with E-state index < -0.39 is 27.4 Å². The lowest BCUT2D eigenvalue weighted by molar-refractivity contribution is -0.138. The molecule has 8 nitrogen and oxygen atoms in total. The Labute approximate surface area is 134 Å². The number of carboxylic acid groups (broad SMARTS) is 1. The Bertz CT molecular complexity index is 701. The molecule has 128 valence electrons. The number of nitrogens with zero attached hydrogens (tertiary/aromatic N) is 1. The van der Waals surface area contributed by atoms with E-state index in [1.165, 1.54) is 26.2 Å². The Balaban J connectivity index is 2.18. The van der Waals surface area contributed by atoms with Gasteiger partial charge in [-0.15, -0.1) is 0 Å². The highest BCUT2D eigenvalue weighted by molar-refractivity contribution is 7.88. The molecule has 2 N–H and O–H groups in total. The second-order valence-electron chi connectivity index (χ2n) is 5.92. The van der Waals surface area contributed by atoms with Crippen molar-refractivity contribution in [2.75, 3.05) is 14.1 Å². The van der Waals surface area contributed by atoms with E-state index in [1.807, 2.05) is 0 Å². The summed E-state index contributed by atoms with van der Waals surface area (Å²) < 4.78 is 30.0. The monoisotopic (exact) mass is 344 g/mol. The number of sulfonamides is 1. The third-order valence-electron chi connectivity index (χ3n) is 3.97. The van der Waals surface area contributed by atoms with Gasteiger partial charge in [0.2, 0.25) is 5.09 Å². The summed E-state index contributed by atoms with van der Waals surface area (Å²) >= 11 is 0. The first kappa shape index (κ1) is 17.5. The van der Waals surface area contributed by atoms with Crippen LogP contribution in [0, 0.1) is 0 Å². The van der Waals surface area contributed by atoms with E-state index >= 15 is 0 Å². The molecule has 0 aliphatic heterocycles. The number of carbonyl (C=O) groups is 2. The highest BCUT2D eigenvalue weighted by Gasteiger charge is 2.38. The molecule has 0 atom stereocenters. The largest absolute Gasteiger partial charge is 0.481 e. The molecule has 1 amide bonds. The van der Waals surface area contributed by atoms with Crippen molar-refractivity contribution in [3.05, 3.63) is 17.9 Å². The standard InChI is InChI=1S/C14H20N2O6S/c1-16(2)23(20,21)12-6-5-10(22-12)13(19)15-14(9-11(17)18)7-3-4-8-14/h5-6H,3-4,7-9H2,1-2H3,(H,15,19)(H,17,18). The van der Waals surface area contributed by atoms with E-state index in [0.717, 1.165) is 17.1 Å². The summed E-state index contributed by atoms with van der Waals surface area (Å²) in [7, 11) is -1.04. The van der Waals surface area contributed by atoms with Crippen LogP contribution in [0.15, 0.2) is 21.6 Å². The fourth-order valence-corrected chi connectivity index (χ4v) is 3.55. The van der Waals surface area contributed by atoms with Gasteiger partial charge in [0.1, 0.15) is 0 Å². The molecule has 0 bridgehead atoms. The first-order valence-electron chi connectivity index (χ1n) is 7.23. The first-order chi connectivity index (χ1) is 10.7. The Morgan fingerprint density at radius 3 is 2.43 bits per heavy atom. The van der Waals surface area contributed by atoms with Gasteiger partial charge in [0.15, 0.2) is 5.76 Å². The summed E-state index contributed by atoms with van der Waals surface area (Å²) in [6.07, 6.45) is 2.67. The second-order valence-corrected chi connectivity index (χ2v) is 8.00. The van der Waals surface area contributed by atoms with E-state index in [-0.39, 0.29) is 17.3 Å². The van der Waals surface area contributed by atoms with Crippen molar-refractivity contribution in [1.29, 1.82) is 0 Å². The highest BCUT2D eigenvalue weighted by atomic mass is 32.2. The van der Waals surface area contributed by atoms with Crippen molar-refractivity contribution < 1.29 is 27.5 Å². The lowest BCUT2D eigenvalue weighted by Crippen LogP contribution is -2.47. The summed E-state index contributed by atoms with van der Waals surface area (Å²) in [4.78, 5) is 23.3. The fourth-order valence-electron chi connectivity index (χ4n) is 2.75. The Morgan fingerprint density at radius 1 is 1.30 bits per heavy atom. The summed E-state index contributed by atoms with van der Waals surface area (Å²) in [5.74, 6) is -1.74. The van der Waals surface area contributed by atoms with Gasteiger partial charge < -0.3 is 14.8 Å². The van der Waals surface area contributed by atoms with Crippen LogP contribution in [0.25, 0.3) is 0 Å². The SMILES string of the molecule is CN(C)S(=O)(=O)c1ccc(C(=O)NC2(CC(=O)O)CCCC2)o1. The Morgan fingerprint density at radius 2 is 1.91 bits per heavy atom. The van der Waals surface area contributed by atoms with Gasteiger partial charge in [-0.1, -0.05) is 12.8 Å². The van der Waals surface area contributed by atoms with Gasteiger partial charge in [-0.3, -0.25) is 9.59 Å². The molecule has 0 spiro atoms. The summed E-state index contributed by atoms with van der Waals surface area (Å²) in [5.41, 5.74) is -0.795. The molecule has 1 aromatic heterocycles. The number of amides is 1. The zero-order chi connectivity index (χ0) is 17.3. The second kappa shape index (κ2) is 6.32. The minimum absolute atomic E-state index is 0.151. The molecule has 0 unspecified atom stereocenters. The number of aliphatic carboxylic acids is 1. The van der Waals surface area contributed by atoms with E-state index in [2.05, 4.69) is 5.32 Å². The van der Waals surface area contributed by atoms with E-state index in [9.17, 15) is 18.0 Å². The predicted molar refractivity (Wildman–Crippen MR) is 80.5 cm³/mol. The summed E-state index contributed by atoms with van der Waals surface area (Å²) in [5, 5.41) is 11.4. The zero-order valence-corrected chi connectivity index (χ0v) is 13.9. The molecule has 23 heavy (non-hydrogen) atoms. The van der Waals surface area contributed by atoms with Gasteiger partial charge in [0.05, 0.1) is 12.0 Å². The molecule has 0 aromatic carbocycles. The Hall–Kier alpha value is -1.87. The molecular formula is C14H20N2O6S. The minimum atomic E-state index is -3.76. The summed E-state index contributed by atoms with van der Waals surface area (Å²) in [6.45, 7) is 0. The number of hydrogen-bond donors (Lipinski definition) is 2. The molecule has 1 aliphatic rings. The van der Waals surface area contributed by atoms with Crippen LogP contribution < -0.4 is 5.32 Å². The quantitative estimate of drug-likeness (QED) is 0.796. The molecule has 1 aromatic rings. The van der Waals surface area contributed by atoms with Gasteiger partial charge in [0.25, 0.3) is 15.9 Å². The molecule has 2 rings (SSSR count). The molecule has 9 heteroatoms. The van der Waals surface area contributed by atoms with Crippen LogP contribution in [0.5, 0.6) is 0 Å². The van der Waals surface area contributed by atoms with Crippen LogP contribution in [0.2, 0.25) is 0 Å². The number of carboxylic acids is 1.